The van der Waals surface area contributed by atoms with Crippen LogP contribution < -0.4 is 0 Å². The lowest BCUT2D eigenvalue weighted by molar-refractivity contribution is -0.147. The van der Waals surface area contributed by atoms with E-state index in [0.29, 0.717) is 19.6 Å². The first-order valence-electron chi connectivity index (χ1n) is 12.8. The number of nitrogens with zero attached hydrogens (tertiary/aromatic N) is 2. The molecule has 0 aliphatic rings. The maximum absolute atomic E-state index is 13.5. The van der Waals surface area contributed by atoms with Crippen LogP contribution in [0.4, 0.5) is 0 Å². The molecule has 3 rings (SSSR count). The molecule has 3 aromatic rings. The Morgan fingerprint density at radius 3 is 2.17 bits per heavy atom. The highest BCUT2D eigenvalue weighted by Gasteiger charge is 2.21. The Morgan fingerprint density at radius 1 is 0.833 bits per heavy atom. The minimum absolute atomic E-state index is 0.0210. The van der Waals surface area contributed by atoms with E-state index >= 15 is 0 Å². The van der Waals surface area contributed by atoms with E-state index in [9.17, 15) is 9.59 Å². The van der Waals surface area contributed by atoms with Gasteiger partial charge in [-0.3, -0.25) is 14.5 Å². The average Bonchev–Trinajstić information content (AvgIpc) is 3.31. The van der Waals surface area contributed by atoms with E-state index in [2.05, 4.69) is 19.1 Å². The molecule has 36 heavy (non-hydrogen) atoms. The Kier molecular flexibility index (Phi) is 11.3. The van der Waals surface area contributed by atoms with Gasteiger partial charge in [-0.2, -0.15) is 0 Å². The van der Waals surface area contributed by atoms with Crippen molar-refractivity contribution in [1.82, 2.24) is 9.80 Å². The normalized spacial score (nSPS) is 11.0. The highest BCUT2D eigenvalue weighted by molar-refractivity contribution is 5.79. The summed E-state index contributed by atoms with van der Waals surface area (Å²) in [7, 11) is 0. The predicted octanol–water partition coefficient (Wildman–Crippen LogP) is 5.39. The highest BCUT2D eigenvalue weighted by Crippen LogP contribution is 2.12. The van der Waals surface area contributed by atoms with Crippen LogP contribution in [0.2, 0.25) is 0 Å². The van der Waals surface area contributed by atoms with Crippen molar-refractivity contribution >= 4 is 11.9 Å². The van der Waals surface area contributed by atoms with Crippen molar-refractivity contribution in [3.05, 3.63) is 95.4 Å². The van der Waals surface area contributed by atoms with Crippen molar-refractivity contribution < 1.29 is 18.7 Å². The fraction of sp³-hybridized carbons (Fsp3) is 0.400. The van der Waals surface area contributed by atoms with E-state index in [1.54, 1.807) is 0 Å². The smallest absolute Gasteiger partial charge is 0.320 e. The van der Waals surface area contributed by atoms with Crippen LogP contribution in [0.15, 0.2) is 77.2 Å². The molecule has 0 radical (unpaired) electrons. The molecule has 0 unspecified atom stereocenters. The summed E-state index contributed by atoms with van der Waals surface area (Å²) < 4.78 is 11.2. The molecule has 0 fully saturated rings. The summed E-state index contributed by atoms with van der Waals surface area (Å²) in [6, 6.07) is 23.6. The minimum atomic E-state index is -0.319. The molecular weight excluding hydrogens is 452 g/mol. The lowest BCUT2D eigenvalue weighted by Gasteiger charge is -2.27. The number of benzene rings is 2. The largest absolute Gasteiger partial charge is 0.464 e. The lowest BCUT2D eigenvalue weighted by Crippen LogP contribution is -2.43. The van der Waals surface area contributed by atoms with Crippen molar-refractivity contribution in [3.8, 4) is 0 Å². The molecule has 0 atom stereocenters. The van der Waals surface area contributed by atoms with Gasteiger partial charge in [0.25, 0.3) is 0 Å². The van der Waals surface area contributed by atoms with Gasteiger partial charge < -0.3 is 14.1 Å². The van der Waals surface area contributed by atoms with E-state index in [1.807, 2.05) is 77.4 Å². The minimum Gasteiger partial charge on any atom is -0.464 e. The zero-order chi connectivity index (χ0) is 25.6. The molecule has 0 N–H and O–H groups in total. The molecule has 2 aromatic carbocycles. The van der Waals surface area contributed by atoms with Crippen LogP contribution in [0.1, 0.15) is 48.8 Å². The molecule has 6 nitrogen and oxygen atoms in total. The first kappa shape index (κ1) is 27.2. The third-order valence-electron chi connectivity index (χ3n) is 6.04. The Morgan fingerprint density at radius 2 is 1.53 bits per heavy atom. The van der Waals surface area contributed by atoms with E-state index in [0.717, 1.165) is 42.8 Å². The first-order valence-corrected chi connectivity index (χ1v) is 12.8. The van der Waals surface area contributed by atoms with Gasteiger partial charge in [0.15, 0.2) is 0 Å². The van der Waals surface area contributed by atoms with Gasteiger partial charge in [0.2, 0.25) is 5.91 Å². The van der Waals surface area contributed by atoms with Crippen LogP contribution in [0.3, 0.4) is 0 Å². The van der Waals surface area contributed by atoms with Crippen molar-refractivity contribution in [2.45, 2.75) is 52.7 Å². The molecule has 6 heteroatoms. The fourth-order valence-corrected chi connectivity index (χ4v) is 4.02. The monoisotopic (exact) mass is 490 g/mol. The maximum atomic E-state index is 13.5. The topological polar surface area (TPSA) is 63.0 Å². The zero-order valence-electron chi connectivity index (χ0n) is 21.5. The molecule has 0 aliphatic carbocycles. The van der Waals surface area contributed by atoms with Gasteiger partial charge in [0.05, 0.1) is 19.6 Å². The van der Waals surface area contributed by atoms with Crippen LogP contribution in [0.25, 0.3) is 0 Å². The van der Waals surface area contributed by atoms with Crippen molar-refractivity contribution in [1.29, 1.82) is 0 Å². The molecule has 0 spiro atoms. The molecular formula is C30H38N2O4. The number of hydrogen-bond donors (Lipinski definition) is 0. The number of unbranched alkanes of at least 4 members (excludes halogenated alkanes) is 2. The van der Waals surface area contributed by atoms with Gasteiger partial charge in [0, 0.05) is 6.54 Å². The summed E-state index contributed by atoms with van der Waals surface area (Å²) in [5.74, 6) is 1.24. The van der Waals surface area contributed by atoms with Gasteiger partial charge in [0.1, 0.15) is 18.1 Å². The SMILES string of the molecule is CCCCCN(CC(=O)OCc1ccccc1)CC(=O)N(CCc1ccccc1)Cc1ccc(C)o1. The van der Waals surface area contributed by atoms with Gasteiger partial charge in [-0.25, -0.2) is 0 Å². The second-order valence-corrected chi connectivity index (χ2v) is 9.13. The number of amides is 1. The molecule has 1 amide bonds. The van der Waals surface area contributed by atoms with Gasteiger partial charge in [-0.05, 0) is 49.6 Å². The van der Waals surface area contributed by atoms with Crippen LogP contribution in [0.5, 0.6) is 0 Å². The fourth-order valence-electron chi connectivity index (χ4n) is 4.02. The molecule has 192 valence electrons. The number of carbonyl (C=O) groups excluding carboxylic acids is 2. The number of furan rings is 1. The summed E-state index contributed by atoms with van der Waals surface area (Å²) in [4.78, 5) is 29.8. The molecule has 0 bridgehead atoms. The number of esters is 1. The molecule has 1 aromatic heterocycles. The quantitative estimate of drug-likeness (QED) is 0.211. The third kappa shape index (κ3) is 9.70. The number of aryl methyl sites for hydroxylation is 1. The van der Waals surface area contributed by atoms with Gasteiger partial charge in [-0.15, -0.1) is 0 Å². The highest BCUT2D eigenvalue weighted by atomic mass is 16.5. The second kappa shape index (κ2) is 14.9. The van der Waals surface area contributed by atoms with E-state index in [4.69, 9.17) is 9.15 Å². The van der Waals surface area contributed by atoms with Crippen LogP contribution >= 0.6 is 0 Å². The van der Waals surface area contributed by atoms with Crippen LogP contribution in [-0.4, -0.2) is 47.9 Å². The van der Waals surface area contributed by atoms with Crippen molar-refractivity contribution in [2.24, 2.45) is 0 Å². The molecule has 0 aliphatic heterocycles. The summed E-state index contributed by atoms with van der Waals surface area (Å²) in [6.07, 6.45) is 3.80. The number of hydrogen-bond acceptors (Lipinski definition) is 5. The molecule has 0 saturated carbocycles. The van der Waals surface area contributed by atoms with Crippen molar-refractivity contribution in [3.63, 3.8) is 0 Å². The lowest BCUT2D eigenvalue weighted by atomic mass is 10.1. The molecule has 1 heterocycles. The maximum Gasteiger partial charge on any atom is 0.320 e. The summed E-state index contributed by atoms with van der Waals surface area (Å²) >= 11 is 0. The average molecular weight is 491 g/mol. The zero-order valence-corrected chi connectivity index (χ0v) is 21.5. The summed E-state index contributed by atoms with van der Waals surface area (Å²) in [5.41, 5.74) is 2.12. The summed E-state index contributed by atoms with van der Waals surface area (Å²) in [6.45, 7) is 6.18. The Hall–Kier alpha value is -3.38. The van der Waals surface area contributed by atoms with Gasteiger partial charge >= 0.3 is 5.97 Å². The predicted molar refractivity (Wildman–Crippen MR) is 141 cm³/mol. The van der Waals surface area contributed by atoms with Crippen molar-refractivity contribution in [2.75, 3.05) is 26.2 Å². The molecule has 0 saturated heterocycles. The Bertz CT molecular complexity index is 1050. The number of rotatable bonds is 15. The van der Waals surface area contributed by atoms with Crippen LogP contribution in [0, 0.1) is 6.92 Å². The first-order chi connectivity index (χ1) is 17.5. The standard InChI is InChI=1S/C30H38N2O4/c1-3-4-11-19-31(23-30(34)35-24-27-14-9-6-10-15-27)22-29(33)32(21-28-17-16-25(2)36-28)20-18-26-12-7-5-8-13-26/h5-10,12-17H,3-4,11,18-24H2,1-2H3. The summed E-state index contributed by atoms with van der Waals surface area (Å²) in [5, 5.41) is 0. The Labute approximate surface area is 214 Å². The van der Waals surface area contributed by atoms with Gasteiger partial charge in [-0.1, -0.05) is 80.4 Å². The van der Waals surface area contributed by atoms with E-state index in [1.165, 1.54) is 5.56 Å². The van der Waals surface area contributed by atoms with E-state index in [-0.39, 0.29) is 31.6 Å². The Balaban J connectivity index is 1.63. The number of carbonyl (C=O) groups is 2. The van der Waals surface area contributed by atoms with Crippen LogP contribution in [-0.2, 0) is 33.9 Å². The third-order valence-corrected chi connectivity index (χ3v) is 6.04. The van der Waals surface area contributed by atoms with E-state index < -0.39 is 0 Å². The number of ether oxygens (including phenoxy) is 1. The second-order valence-electron chi connectivity index (χ2n) is 9.13.